The Labute approximate surface area is 184 Å². The highest BCUT2D eigenvalue weighted by Gasteiger charge is 2.20. The molecule has 0 saturated heterocycles. The number of fused-ring (bicyclic) bond motifs is 1. The molecule has 1 aromatic carbocycles. The van der Waals surface area contributed by atoms with E-state index in [1.165, 1.54) is 13.4 Å². The highest BCUT2D eigenvalue weighted by molar-refractivity contribution is 5.76. The lowest BCUT2D eigenvalue weighted by molar-refractivity contribution is 0.387. The first kappa shape index (κ1) is 21.2. The van der Waals surface area contributed by atoms with Gasteiger partial charge in [-0.1, -0.05) is 6.07 Å². The molecule has 4 rings (SSSR count). The van der Waals surface area contributed by atoms with Gasteiger partial charge in [0.05, 0.1) is 31.2 Å². The van der Waals surface area contributed by atoms with Crippen LogP contribution in [0.4, 0.5) is 15.9 Å². The molecular weight excluding hydrogens is 411 g/mol. The maximum atomic E-state index is 15.2. The van der Waals surface area contributed by atoms with Gasteiger partial charge in [-0.05, 0) is 36.8 Å². The van der Waals surface area contributed by atoms with E-state index in [0.29, 0.717) is 34.2 Å². The fourth-order valence-corrected chi connectivity index (χ4v) is 3.29. The largest absolute Gasteiger partial charge is 0.494 e. The average Bonchev–Trinajstić information content (AvgIpc) is 3.30. The number of ether oxygens (including phenoxy) is 1. The second-order valence-corrected chi connectivity index (χ2v) is 7.35. The predicted molar refractivity (Wildman–Crippen MR) is 120 cm³/mol. The van der Waals surface area contributed by atoms with Gasteiger partial charge >= 0.3 is 0 Å². The lowest BCUT2D eigenvalue weighted by Crippen LogP contribution is -2.20. The van der Waals surface area contributed by atoms with Crippen molar-refractivity contribution in [3.8, 4) is 5.75 Å². The van der Waals surface area contributed by atoms with Crippen molar-refractivity contribution in [2.75, 3.05) is 26.1 Å². The maximum Gasteiger partial charge on any atom is 0.188 e. The molecule has 3 aromatic heterocycles. The van der Waals surface area contributed by atoms with Gasteiger partial charge in [0.25, 0.3) is 0 Å². The highest BCUT2D eigenvalue weighted by atomic mass is 19.1. The van der Waals surface area contributed by atoms with Crippen molar-refractivity contribution < 1.29 is 9.13 Å². The van der Waals surface area contributed by atoms with Gasteiger partial charge in [0.2, 0.25) is 0 Å². The molecule has 3 heterocycles. The second kappa shape index (κ2) is 8.96. The summed E-state index contributed by atoms with van der Waals surface area (Å²) in [6.07, 6.45) is 5.08. The molecule has 0 atom stereocenters. The summed E-state index contributed by atoms with van der Waals surface area (Å²) in [6, 6.07) is 8.53. The number of hydrogen-bond donors (Lipinski definition) is 1. The van der Waals surface area contributed by atoms with Gasteiger partial charge in [-0.2, -0.15) is 5.10 Å². The zero-order chi connectivity index (χ0) is 22.7. The van der Waals surface area contributed by atoms with Gasteiger partial charge in [-0.15, -0.1) is 0 Å². The Morgan fingerprint density at radius 3 is 2.72 bits per heavy atom. The minimum atomic E-state index is -0.499. The molecule has 0 radical (unpaired) electrons. The fourth-order valence-electron chi connectivity index (χ4n) is 3.29. The summed E-state index contributed by atoms with van der Waals surface area (Å²) in [6.45, 7) is 2.18. The zero-order valence-electron chi connectivity index (χ0n) is 18.2. The molecule has 32 heavy (non-hydrogen) atoms. The normalized spacial score (nSPS) is 11.6. The van der Waals surface area contributed by atoms with E-state index in [4.69, 9.17) is 9.72 Å². The molecule has 0 unspecified atom stereocenters. The SMILES string of the molecule is COc1cccc(N(Cc2ncn[nH]2)c2ccc3ncc(/C(C)=C/N(C)C)nc3n2)c1F. The summed E-state index contributed by atoms with van der Waals surface area (Å²) in [7, 11) is 5.31. The molecule has 0 aliphatic heterocycles. The summed E-state index contributed by atoms with van der Waals surface area (Å²) < 4.78 is 20.3. The summed E-state index contributed by atoms with van der Waals surface area (Å²) >= 11 is 0. The summed E-state index contributed by atoms with van der Waals surface area (Å²) in [5.41, 5.74) is 3.05. The minimum absolute atomic E-state index is 0.136. The molecule has 0 amide bonds. The van der Waals surface area contributed by atoms with Crippen LogP contribution < -0.4 is 9.64 Å². The molecule has 0 saturated carbocycles. The molecule has 1 N–H and O–H groups in total. The summed E-state index contributed by atoms with van der Waals surface area (Å²) in [5.74, 6) is 0.679. The Kier molecular flexibility index (Phi) is 5.93. The second-order valence-electron chi connectivity index (χ2n) is 7.35. The third-order valence-corrected chi connectivity index (χ3v) is 4.75. The summed E-state index contributed by atoms with van der Waals surface area (Å²) in [5, 5.41) is 6.70. The van der Waals surface area contributed by atoms with E-state index >= 15 is 4.39 Å². The minimum Gasteiger partial charge on any atom is -0.494 e. The molecule has 4 aromatic rings. The predicted octanol–water partition coefficient (Wildman–Crippen LogP) is 3.55. The van der Waals surface area contributed by atoms with Gasteiger partial charge < -0.3 is 14.5 Å². The number of methoxy groups -OCH3 is 1. The van der Waals surface area contributed by atoms with Crippen molar-refractivity contribution in [1.82, 2.24) is 35.0 Å². The number of H-pyrrole nitrogens is 1. The highest BCUT2D eigenvalue weighted by Crippen LogP contribution is 2.33. The van der Waals surface area contributed by atoms with E-state index in [-0.39, 0.29) is 12.3 Å². The van der Waals surface area contributed by atoms with Crippen LogP contribution in [-0.4, -0.2) is 56.2 Å². The first-order chi connectivity index (χ1) is 15.5. The lowest BCUT2D eigenvalue weighted by atomic mass is 10.2. The van der Waals surface area contributed by atoms with Crippen LogP contribution in [0.2, 0.25) is 0 Å². The number of nitrogens with zero attached hydrogens (tertiary/aromatic N) is 7. The number of nitrogens with one attached hydrogen (secondary N) is 1. The molecule has 0 aliphatic rings. The van der Waals surface area contributed by atoms with E-state index in [1.807, 2.05) is 38.2 Å². The molecule has 10 heteroatoms. The first-order valence-electron chi connectivity index (χ1n) is 9.89. The van der Waals surface area contributed by atoms with E-state index in [2.05, 4.69) is 25.1 Å². The standard InChI is InChI=1S/C22H23FN8O/c1-14(11-30(2)3)16-10-24-15-8-9-20(28-22(15)27-16)31(12-19-25-13-26-29-19)17-6-5-7-18(32-4)21(17)23/h5-11,13H,12H2,1-4H3,(H,25,26,29)/b14-11+. The molecular formula is C22H23FN8O. The number of anilines is 2. The molecule has 0 aliphatic carbocycles. The van der Waals surface area contributed by atoms with Crippen LogP contribution in [0, 0.1) is 5.82 Å². The maximum absolute atomic E-state index is 15.2. The van der Waals surface area contributed by atoms with Crippen molar-refractivity contribution >= 4 is 28.2 Å². The van der Waals surface area contributed by atoms with Crippen LogP contribution in [0.15, 0.2) is 49.1 Å². The fraction of sp³-hybridized carbons (Fsp3) is 0.227. The number of allylic oxidation sites excluding steroid dienone is 1. The molecule has 0 bridgehead atoms. The Balaban J connectivity index is 1.82. The Morgan fingerprint density at radius 2 is 2.00 bits per heavy atom. The molecule has 0 spiro atoms. The zero-order valence-corrected chi connectivity index (χ0v) is 18.2. The Morgan fingerprint density at radius 1 is 1.16 bits per heavy atom. The van der Waals surface area contributed by atoms with Crippen molar-refractivity contribution in [3.05, 3.63) is 66.4 Å². The number of halogens is 1. The van der Waals surface area contributed by atoms with Gasteiger partial charge in [-0.3, -0.25) is 10.1 Å². The first-order valence-corrected chi connectivity index (χ1v) is 9.89. The van der Waals surface area contributed by atoms with Crippen LogP contribution in [0.25, 0.3) is 16.7 Å². The smallest absolute Gasteiger partial charge is 0.188 e. The van der Waals surface area contributed by atoms with Crippen LogP contribution in [0.3, 0.4) is 0 Å². The third kappa shape index (κ3) is 4.34. The van der Waals surface area contributed by atoms with Crippen molar-refractivity contribution in [2.45, 2.75) is 13.5 Å². The number of hydrogen-bond acceptors (Lipinski definition) is 8. The van der Waals surface area contributed by atoms with Crippen LogP contribution in [-0.2, 0) is 6.54 Å². The van der Waals surface area contributed by atoms with Crippen molar-refractivity contribution in [3.63, 3.8) is 0 Å². The average molecular weight is 434 g/mol. The van der Waals surface area contributed by atoms with Gasteiger partial charge in [0.1, 0.15) is 23.5 Å². The molecule has 164 valence electrons. The Bertz CT molecular complexity index is 1260. The van der Waals surface area contributed by atoms with Gasteiger partial charge in [0, 0.05) is 20.3 Å². The van der Waals surface area contributed by atoms with Gasteiger partial charge in [-0.25, -0.2) is 19.3 Å². The monoisotopic (exact) mass is 434 g/mol. The van der Waals surface area contributed by atoms with Crippen LogP contribution in [0.5, 0.6) is 5.75 Å². The quantitative estimate of drug-likeness (QED) is 0.472. The number of pyridine rings is 1. The molecule has 0 fully saturated rings. The van der Waals surface area contributed by atoms with Crippen molar-refractivity contribution in [1.29, 1.82) is 0 Å². The third-order valence-electron chi connectivity index (χ3n) is 4.75. The van der Waals surface area contributed by atoms with E-state index in [1.54, 1.807) is 35.4 Å². The number of aromatic nitrogens is 6. The Hall–Kier alpha value is -4.08. The van der Waals surface area contributed by atoms with Crippen molar-refractivity contribution in [2.24, 2.45) is 0 Å². The number of benzene rings is 1. The molecule has 9 nitrogen and oxygen atoms in total. The topological polar surface area (TPSA) is 96.0 Å². The van der Waals surface area contributed by atoms with Crippen LogP contribution in [0.1, 0.15) is 18.4 Å². The number of aromatic amines is 1. The van der Waals surface area contributed by atoms with E-state index in [0.717, 1.165) is 5.57 Å². The summed E-state index contributed by atoms with van der Waals surface area (Å²) in [4.78, 5) is 21.6. The van der Waals surface area contributed by atoms with Gasteiger partial charge in [0.15, 0.2) is 17.2 Å². The van der Waals surface area contributed by atoms with E-state index in [9.17, 15) is 0 Å². The van der Waals surface area contributed by atoms with Crippen LogP contribution >= 0.6 is 0 Å². The van der Waals surface area contributed by atoms with E-state index < -0.39 is 5.82 Å². The number of rotatable bonds is 7. The lowest BCUT2D eigenvalue weighted by Gasteiger charge is -2.24.